The van der Waals surface area contributed by atoms with E-state index in [1.807, 2.05) is 0 Å². The van der Waals surface area contributed by atoms with Gasteiger partial charge in [-0.25, -0.2) is 4.79 Å². The second-order valence-electron chi connectivity index (χ2n) is 5.26. The van der Waals surface area contributed by atoms with Gasteiger partial charge in [0.25, 0.3) is 5.91 Å². The summed E-state index contributed by atoms with van der Waals surface area (Å²) in [5.74, 6) is 0.000635. The van der Waals surface area contributed by atoms with Crippen molar-refractivity contribution in [3.63, 3.8) is 0 Å². The molecule has 1 aromatic rings. The third-order valence-corrected chi connectivity index (χ3v) is 4.69. The lowest BCUT2D eigenvalue weighted by atomic mass is 9.88. The van der Waals surface area contributed by atoms with Crippen LogP contribution in [0.25, 0.3) is 0 Å². The molecule has 1 aromatic heterocycles. The van der Waals surface area contributed by atoms with Crippen LogP contribution in [0.3, 0.4) is 0 Å². The molecule has 0 aliphatic heterocycles. The quantitative estimate of drug-likeness (QED) is 0.849. The highest BCUT2D eigenvalue weighted by molar-refractivity contribution is 7.17. The van der Waals surface area contributed by atoms with Crippen LogP contribution < -0.4 is 5.32 Å². The van der Waals surface area contributed by atoms with Crippen molar-refractivity contribution in [3.8, 4) is 0 Å². The van der Waals surface area contributed by atoms with E-state index in [4.69, 9.17) is 9.47 Å². The van der Waals surface area contributed by atoms with Gasteiger partial charge >= 0.3 is 5.97 Å². The van der Waals surface area contributed by atoms with Crippen molar-refractivity contribution in [3.05, 3.63) is 16.0 Å². The van der Waals surface area contributed by atoms with E-state index in [0.717, 1.165) is 24.8 Å². The van der Waals surface area contributed by atoms with E-state index in [1.54, 1.807) is 6.92 Å². The van der Waals surface area contributed by atoms with Crippen LogP contribution in [0.5, 0.6) is 0 Å². The summed E-state index contributed by atoms with van der Waals surface area (Å²) in [5, 5.41) is 3.37. The van der Waals surface area contributed by atoms with Crippen LogP contribution in [0, 0.1) is 5.92 Å². The Bertz CT molecular complexity index is 538. The van der Waals surface area contributed by atoms with E-state index in [-0.39, 0.29) is 18.5 Å². The van der Waals surface area contributed by atoms with Crippen LogP contribution in [-0.2, 0) is 27.1 Å². The molecule has 0 fully saturated rings. The normalized spacial score (nSPS) is 17.2. The van der Waals surface area contributed by atoms with E-state index in [1.165, 1.54) is 23.3 Å². The van der Waals surface area contributed by atoms with Crippen molar-refractivity contribution in [2.24, 2.45) is 5.92 Å². The molecule has 0 saturated heterocycles. The molecule has 0 saturated carbocycles. The van der Waals surface area contributed by atoms with Gasteiger partial charge in [0, 0.05) is 12.0 Å². The van der Waals surface area contributed by atoms with Crippen molar-refractivity contribution in [2.45, 2.75) is 33.1 Å². The van der Waals surface area contributed by atoms with Crippen molar-refractivity contribution < 1.29 is 19.1 Å². The number of hydrogen-bond acceptors (Lipinski definition) is 5. The summed E-state index contributed by atoms with van der Waals surface area (Å²) in [6.07, 6.45) is 2.87. The van der Waals surface area contributed by atoms with Crippen molar-refractivity contribution in [2.75, 3.05) is 25.6 Å². The Kier molecular flexibility index (Phi) is 5.36. The smallest absolute Gasteiger partial charge is 0.341 e. The van der Waals surface area contributed by atoms with Gasteiger partial charge in [-0.3, -0.25) is 4.79 Å². The predicted molar refractivity (Wildman–Crippen MR) is 82.0 cm³/mol. The molecule has 116 valence electrons. The number of amides is 1. The molecule has 1 atom stereocenters. The summed E-state index contributed by atoms with van der Waals surface area (Å²) in [4.78, 5) is 25.1. The summed E-state index contributed by atoms with van der Waals surface area (Å²) >= 11 is 1.49. The maximum absolute atomic E-state index is 12.2. The minimum atomic E-state index is -0.350. The van der Waals surface area contributed by atoms with E-state index in [0.29, 0.717) is 23.1 Å². The van der Waals surface area contributed by atoms with Crippen molar-refractivity contribution >= 4 is 28.2 Å². The minimum absolute atomic E-state index is 0.0266. The van der Waals surface area contributed by atoms with E-state index < -0.39 is 0 Å². The topological polar surface area (TPSA) is 64.6 Å². The van der Waals surface area contributed by atoms with Crippen LogP contribution in [0.2, 0.25) is 0 Å². The molecular weight excluding hydrogens is 290 g/mol. The number of hydrogen-bond donors (Lipinski definition) is 1. The van der Waals surface area contributed by atoms with Gasteiger partial charge in [-0.05, 0) is 37.7 Å². The maximum Gasteiger partial charge on any atom is 0.341 e. The lowest BCUT2D eigenvalue weighted by Crippen LogP contribution is -2.19. The highest BCUT2D eigenvalue weighted by Gasteiger charge is 2.29. The molecule has 1 N–H and O–H groups in total. The zero-order chi connectivity index (χ0) is 15.4. The van der Waals surface area contributed by atoms with Crippen LogP contribution in [0.4, 0.5) is 5.00 Å². The van der Waals surface area contributed by atoms with Gasteiger partial charge < -0.3 is 14.8 Å². The molecule has 1 heterocycles. The molecule has 6 heteroatoms. The van der Waals surface area contributed by atoms with Crippen LogP contribution in [0.15, 0.2) is 0 Å². The third-order valence-electron chi connectivity index (χ3n) is 3.52. The Morgan fingerprint density at radius 2 is 2.19 bits per heavy atom. The molecule has 2 rings (SSSR count). The van der Waals surface area contributed by atoms with Gasteiger partial charge in [0.15, 0.2) is 0 Å². The number of fused-ring (bicyclic) bond motifs is 1. The van der Waals surface area contributed by atoms with Crippen molar-refractivity contribution in [1.29, 1.82) is 0 Å². The van der Waals surface area contributed by atoms with Gasteiger partial charge in [-0.2, -0.15) is 0 Å². The average molecular weight is 311 g/mol. The Hall–Kier alpha value is -1.40. The number of anilines is 1. The van der Waals surface area contributed by atoms with Crippen LogP contribution in [-0.4, -0.2) is 32.2 Å². The largest absolute Gasteiger partial charge is 0.462 e. The summed E-state index contributed by atoms with van der Waals surface area (Å²) in [5.41, 5.74) is 1.58. The number of ether oxygens (including phenoxy) is 2. The van der Waals surface area contributed by atoms with Crippen molar-refractivity contribution in [1.82, 2.24) is 0 Å². The molecule has 1 aliphatic carbocycles. The first kappa shape index (κ1) is 16.0. The van der Waals surface area contributed by atoms with E-state index >= 15 is 0 Å². The van der Waals surface area contributed by atoms with Gasteiger partial charge in [0.1, 0.15) is 11.6 Å². The van der Waals surface area contributed by atoms with E-state index in [2.05, 4.69) is 12.2 Å². The SMILES string of the molecule is CCOC(=O)c1c(NC(=O)COC)sc2c1CC[C@H](C)C2. The highest BCUT2D eigenvalue weighted by Crippen LogP contribution is 2.40. The fraction of sp³-hybridized carbons (Fsp3) is 0.600. The second-order valence-corrected chi connectivity index (χ2v) is 6.36. The van der Waals surface area contributed by atoms with Gasteiger partial charge in [0.05, 0.1) is 12.2 Å². The maximum atomic E-state index is 12.2. The van der Waals surface area contributed by atoms with E-state index in [9.17, 15) is 9.59 Å². The number of methoxy groups -OCH3 is 1. The number of thiophene rings is 1. The summed E-state index contributed by atoms with van der Waals surface area (Å²) in [6.45, 7) is 4.28. The Labute approximate surface area is 128 Å². The second kappa shape index (κ2) is 7.04. The summed E-state index contributed by atoms with van der Waals surface area (Å²) < 4.78 is 9.97. The lowest BCUT2D eigenvalue weighted by Gasteiger charge is -2.18. The van der Waals surface area contributed by atoms with Crippen LogP contribution >= 0.6 is 11.3 Å². The standard InChI is InChI=1S/C15H21NO4S/c1-4-20-15(18)13-10-6-5-9(2)7-11(10)21-14(13)16-12(17)8-19-3/h9H,4-8H2,1-3H3,(H,16,17)/t9-/m0/s1. The highest BCUT2D eigenvalue weighted by atomic mass is 32.1. The van der Waals surface area contributed by atoms with Gasteiger partial charge in [0.2, 0.25) is 0 Å². The fourth-order valence-electron chi connectivity index (χ4n) is 2.55. The fourth-order valence-corrected chi connectivity index (χ4v) is 3.97. The first-order chi connectivity index (χ1) is 10.1. The molecule has 21 heavy (non-hydrogen) atoms. The van der Waals surface area contributed by atoms with Crippen LogP contribution in [0.1, 0.15) is 41.1 Å². The Morgan fingerprint density at radius 3 is 2.86 bits per heavy atom. The molecule has 0 radical (unpaired) electrons. The number of carbonyl (C=O) groups is 2. The number of rotatable bonds is 5. The molecule has 1 amide bonds. The Balaban J connectivity index is 2.33. The molecule has 0 aromatic carbocycles. The zero-order valence-corrected chi connectivity index (χ0v) is 13.5. The molecule has 0 spiro atoms. The molecule has 0 unspecified atom stereocenters. The zero-order valence-electron chi connectivity index (χ0n) is 12.7. The number of nitrogens with one attached hydrogen (secondary N) is 1. The number of esters is 1. The molecular formula is C15H21NO4S. The summed E-state index contributed by atoms with van der Waals surface area (Å²) in [6, 6.07) is 0. The first-order valence-electron chi connectivity index (χ1n) is 7.17. The molecule has 1 aliphatic rings. The number of carbonyl (C=O) groups excluding carboxylic acids is 2. The van der Waals surface area contributed by atoms with Gasteiger partial charge in [-0.1, -0.05) is 6.92 Å². The predicted octanol–water partition coefficient (Wildman–Crippen LogP) is 2.63. The third kappa shape index (κ3) is 3.63. The lowest BCUT2D eigenvalue weighted by molar-refractivity contribution is -0.119. The van der Waals surface area contributed by atoms with Gasteiger partial charge in [-0.15, -0.1) is 11.3 Å². The molecule has 0 bridgehead atoms. The summed E-state index contributed by atoms with van der Waals surface area (Å²) in [7, 11) is 1.47. The minimum Gasteiger partial charge on any atom is -0.462 e. The first-order valence-corrected chi connectivity index (χ1v) is 7.98. The Morgan fingerprint density at radius 1 is 1.43 bits per heavy atom. The monoisotopic (exact) mass is 311 g/mol. The molecule has 5 nitrogen and oxygen atoms in total. The average Bonchev–Trinajstić information content (AvgIpc) is 2.75.